The lowest BCUT2D eigenvalue weighted by Crippen LogP contribution is -2.18. The van der Waals surface area contributed by atoms with Crippen LogP contribution in [0.3, 0.4) is 0 Å². The van der Waals surface area contributed by atoms with E-state index in [1.165, 1.54) is 0 Å². The van der Waals surface area contributed by atoms with Crippen molar-refractivity contribution in [2.24, 2.45) is 0 Å². The Kier molecular flexibility index (Phi) is 5.64. The Morgan fingerprint density at radius 1 is 1.30 bits per heavy atom. The molecule has 0 saturated heterocycles. The number of hydrogen-bond donors (Lipinski definition) is 1. The number of ether oxygens (including phenoxy) is 1. The number of hydrogen-bond acceptors (Lipinski definition) is 2. The molecule has 0 aromatic rings. The highest BCUT2D eigenvalue weighted by Crippen LogP contribution is 1.98. The molecular weight excluding hydrogens is 128 g/mol. The molecule has 0 aliphatic rings. The number of rotatable bonds is 5. The first-order valence-corrected chi connectivity index (χ1v) is 4.00. The summed E-state index contributed by atoms with van der Waals surface area (Å²) in [5.41, 5.74) is 0. The molecule has 2 heteroatoms. The zero-order chi connectivity index (χ0) is 7.98. The second-order valence-electron chi connectivity index (χ2n) is 2.61. The third-order valence-corrected chi connectivity index (χ3v) is 1.62. The molecule has 0 aromatic carbocycles. The van der Waals surface area contributed by atoms with Crippen LogP contribution in [-0.4, -0.2) is 23.9 Å². The van der Waals surface area contributed by atoms with E-state index in [1.54, 1.807) is 0 Å². The molecule has 0 aliphatic carbocycles. The zero-order valence-corrected chi connectivity index (χ0v) is 7.13. The molecule has 0 heterocycles. The molecule has 1 N–H and O–H groups in total. The lowest BCUT2D eigenvalue weighted by molar-refractivity contribution is -0.00388. The Balaban J connectivity index is 3.17. The zero-order valence-electron chi connectivity index (χ0n) is 7.13. The fraction of sp³-hybridized carbons (Fsp3) is 1.00. The van der Waals surface area contributed by atoms with Gasteiger partial charge in [-0.2, -0.15) is 0 Å². The molecule has 0 spiro atoms. The average Bonchev–Trinajstić information content (AvgIpc) is 1.99. The van der Waals surface area contributed by atoms with Gasteiger partial charge in [-0.05, 0) is 19.8 Å². The van der Waals surface area contributed by atoms with Crippen LogP contribution in [-0.2, 0) is 4.74 Å². The van der Waals surface area contributed by atoms with Crippen LogP contribution in [0.4, 0.5) is 0 Å². The second kappa shape index (κ2) is 5.69. The van der Waals surface area contributed by atoms with Gasteiger partial charge in [-0.1, -0.05) is 13.8 Å². The third kappa shape index (κ3) is 4.77. The lowest BCUT2D eigenvalue weighted by Gasteiger charge is -2.13. The smallest absolute Gasteiger partial charge is 0.0771 e. The van der Waals surface area contributed by atoms with Crippen molar-refractivity contribution in [3.63, 3.8) is 0 Å². The standard InChI is InChI=1S/C8H18O2/c1-4-7(3)10-6-8(9)5-2/h7-9H,4-6H2,1-3H3/t7?,8-/m0/s1. The van der Waals surface area contributed by atoms with E-state index in [9.17, 15) is 0 Å². The van der Waals surface area contributed by atoms with Crippen molar-refractivity contribution in [2.45, 2.75) is 45.8 Å². The van der Waals surface area contributed by atoms with Gasteiger partial charge in [-0.25, -0.2) is 0 Å². The molecule has 0 amide bonds. The van der Waals surface area contributed by atoms with E-state index in [4.69, 9.17) is 9.84 Å². The SMILES string of the molecule is CCC(C)OC[C@@H](O)CC. The number of aliphatic hydroxyl groups is 1. The third-order valence-electron chi connectivity index (χ3n) is 1.62. The van der Waals surface area contributed by atoms with E-state index in [0.29, 0.717) is 6.61 Å². The highest BCUT2D eigenvalue weighted by molar-refractivity contribution is 4.51. The summed E-state index contributed by atoms with van der Waals surface area (Å²) in [5, 5.41) is 9.08. The van der Waals surface area contributed by atoms with Crippen LogP contribution in [0.1, 0.15) is 33.6 Å². The minimum Gasteiger partial charge on any atom is -0.391 e. The van der Waals surface area contributed by atoms with Gasteiger partial charge in [0.15, 0.2) is 0 Å². The van der Waals surface area contributed by atoms with Gasteiger partial charge >= 0.3 is 0 Å². The fourth-order valence-electron chi connectivity index (χ4n) is 0.511. The van der Waals surface area contributed by atoms with Crippen molar-refractivity contribution in [2.75, 3.05) is 6.61 Å². The summed E-state index contributed by atoms with van der Waals surface area (Å²) in [4.78, 5) is 0. The molecule has 2 atom stereocenters. The minimum atomic E-state index is -0.283. The quantitative estimate of drug-likeness (QED) is 0.638. The van der Waals surface area contributed by atoms with Crippen LogP contribution in [0.15, 0.2) is 0 Å². The molecule has 0 saturated carbocycles. The predicted octanol–water partition coefficient (Wildman–Crippen LogP) is 1.57. The molecule has 0 bridgehead atoms. The highest BCUT2D eigenvalue weighted by Gasteiger charge is 2.03. The van der Waals surface area contributed by atoms with E-state index >= 15 is 0 Å². The fourth-order valence-corrected chi connectivity index (χ4v) is 0.511. The van der Waals surface area contributed by atoms with Crippen molar-refractivity contribution in [3.8, 4) is 0 Å². The van der Waals surface area contributed by atoms with E-state index in [1.807, 2.05) is 13.8 Å². The molecule has 0 aromatic heterocycles. The molecule has 0 rings (SSSR count). The maximum atomic E-state index is 9.08. The Morgan fingerprint density at radius 2 is 1.90 bits per heavy atom. The summed E-state index contributed by atoms with van der Waals surface area (Å²) >= 11 is 0. The molecule has 1 unspecified atom stereocenters. The molecule has 0 fully saturated rings. The van der Waals surface area contributed by atoms with Crippen molar-refractivity contribution in [1.29, 1.82) is 0 Å². The average molecular weight is 146 g/mol. The summed E-state index contributed by atoms with van der Waals surface area (Å²) < 4.78 is 5.29. The van der Waals surface area contributed by atoms with Crippen molar-refractivity contribution in [1.82, 2.24) is 0 Å². The summed E-state index contributed by atoms with van der Waals surface area (Å²) in [6.45, 7) is 6.52. The molecule has 10 heavy (non-hydrogen) atoms. The van der Waals surface area contributed by atoms with Gasteiger partial charge in [0, 0.05) is 0 Å². The largest absolute Gasteiger partial charge is 0.391 e. The van der Waals surface area contributed by atoms with Crippen molar-refractivity contribution < 1.29 is 9.84 Å². The predicted molar refractivity (Wildman–Crippen MR) is 42.0 cm³/mol. The molecule has 62 valence electrons. The van der Waals surface area contributed by atoms with Gasteiger partial charge in [-0.3, -0.25) is 0 Å². The van der Waals surface area contributed by atoms with Gasteiger partial charge in [0.25, 0.3) is 0 Å². The first kappa shape index (κ1) is 9.92. The van der Waals surface area contributed by atoms with Crippen LogP contribution >= 0.6 is 0 Å². The molecular formula is C8H18O2. The van der Waals surface area contributed by atoms with Crippen LogP contribution in [0.5, 0.6) is 0 Å². The topological polar surface area (TPSA) is 29.5 Å². The van der Waals surface area contributed by atoms with Crippen LogP contribution < -0.4 is 0 Å². The summed E-state index contributed by atoms with van der Waals surface area (Å²) in [6, 6.07) is 0. The summed E-state index contributed by atoms with van der Waals surface area (Å²) in [5.74, 6) is 0. The van der Waals surface area contributed by atoms with Gasteiger partial charge in [0.2, 0.25) is 0 Å². The molecule has 0 radical (unpaired) electrons. The normalized spacial score (nSPS) is 16.8. The molecule has 2 nitrogen and oxygen atoms in total. The minimum absolute atomic E-state index is 0.279. The van der Waals surface area contributed by atoms with Gasteiger partial charge in [0.1, 0.15) is 0 Å². The van der Waals surface area contributed by atoms with E-state index in [-0.39, 0.29) is 12.2 Å². The molecule has 0 aliphatic heterocycles. The monoisotopic (exact) mass is 146 g/mol. The number of aliphatic hydroxyl groups excluding tert-OH is 1. The lowest BCUT2D eigenvalue weighted by atomic mass is 10.3. The van der Waals surface area contributed by atoms with Gasteiger partial charge < -0.3 is 9.84 Å². The second-order valence-corrected chi connectivity index (χ2v) is 2.61. The Hall–Kier alpha value is -0.0800. The summed E-state index contributed by atoms with van der Waals surface area (Å²) in [6.07, 6.45) is 1.78. The van der Waals surface area contributed by atoms with Crippen molar-refractivity contribution >= 4 is 0 Å². The van der Waals surface area contributed by atoms with E-state index in [2.05, 4.69) is 6.92 Å². The highest BCUT2D eigenvalue weighted by atomic mass is 16.5. The van der Waals surface area contributed by atoms with E-state index < -0.39 is 0 Å². The Morgan fingerprint density at radius 3 is 2.30 bits per heavy atom. The first-order chi connectivity index (χ1) is 4.70. The summed E-state index contributed by atoms with van der Waals surface area (Å²) in [7, 11) is 0. The maximum Gasteiger partial charge on any atom is 0.0771 e. The van der Waals surface area contributed by atoms with Crippen LogP contribution in [0, 0.1) is 0 Å². The van der Waals surface area contributed by atoms with Gasteiger partial charge in [-0.15, -0.1) is 0 Å². The first-order valence-electron chi connectivity index (χ1n) is 4.00. The Labute approximate surface area is 63.2 Å². The van der Waals surface area contributed by atoms with E-state index in [0.717, 1.165) is 12.8 Å². The van der Waals surface area contributed by atoms with Gasteiger partial charge in [0.05, 0.1) is 18.8 Å². The Bertz CT molecular complexity index is 63.7. The maximum absolute atomic E-state index is 9.08. The van der Waals surface area contributed by atoms with Crippen molar-refractivity contribution in [3.05, 3.63) is 0 Å². The van der Waals surface area contributed by atoms with Crippen LogP contribution in [0.2, 0.25) is 0 Å². The van der Waals surface area contributed by atoms with Crippen LogP contribution in [0.25, 0.3) is 0 Å².